The van der Waals surface area contributed by atoms with E-state index in [-0.39, 0.29) is 23.8 Å². The van der Waals surface area contributed by atoms with Gasteiger partial charge in [0, 0.05) is 12.8 Å². The normalized spacial score (nSPS) is 26.4. The van der Waals surface area contributed by atoms with Crippen LogP contribution in [0.5, 0.6) is 0 Å². The maximum atomic E-state index is 12.9. The second-order valence-electron chi connectivity index (χ2n) is 11.1. The first-order chi connectivity index (χ1) is 15.9. The van der Waals surface area contributed by atoms with Crippen molar-refractivity contribution < 1.29 is 23.8 Å². The topological polar surface area (TPSA) is 61.8 Å². The van der Waals surface area contributed by atoms with Gasteiger partial charge < -0.3 is 14.2 Å². The van der Waals surface area contributed by atoms with Crippen LogP contribution in [0, 0.1) is 23.7 Å². The molecule has 2 rings (SSSR count). The number of carbonyl (C=O) groups is 2. The molecule has 2 aliphatic rings. The highest BCUT2D eigenvalue weighted by Crippen LogP contribution is 2.34. The van der Waals surface area contributed by atoms with Crippen molar-refractivity contribution in [3.05, 3.63) is 0 Å². The fourth-order valence-corrected chi connectivity index (χ4v) is 5.04. The van der Waals surface area contributed by atoms with Crippen molar-refractivity contribution in [1.82, 2.24) is 0 Å². The number of esters is 2. The Hall–Kier alpha value is -1.10. The van der Waals surface area contributed by atoms with Gasteiger partial charge in [-0.05, 0) is 37.5 Å². The van der Waals surface area contributed by atoms with Crippen LogP contribution in [-0.4, -0.2) is 24.5 Å². The number of fused-ring (bicyclic) bond motifs is 1. The molecule has 5 heteroatoms. The van der Waals surface area contributed by atoms with Crippen LogP contribution in [0.4, 0.5) is 0 Å². The first-order valence-corrected chi connectivity index (χ1v) is 13.9. The van der Waals surface area contributed by atoms with E-state index in [0.717, 1.165) is 50.4 Å². The third-order valence-corrected chi connectivity index (χ3v) is 7.11. The van der Waals surface area contributed by atoms with Crippen molar-refractivity contribution in [2.75, 3.05) is 0 Å². The first kappa shape index (κ1) is 28.1. The minimum Gasteiger partial charge on any atom is -0.435 e. The molecule has 0 spiro atoms. The molecular weight excluding hydrogens is 416 g/mol. The number of cyclic esters (lactones) is 2. The second-order valence-corrected chi connectivity index (χ2v) is 11.1. The van der Waals surface area contributed by atoms with Crippen molar-refractivity contribution in [2.24, 2.45) is 23.7 Å². The molecule has 0 aromatic heterocycles. The zero-order valence-electron chi connectivity index (χ0n) is 21.8. The van der Waals surface area contributed by atoms with Crippen molar-refractivity contribution in [1.29, 1.82) is 0 Å². The monoisotopic (exact) mass is 466 g/mol. The summed E-state index contributed by atoms with van der Waals surface area (Å²) in [7, 11) is 0. The van der Waals surface area contributed by atoms with Gasteiger partial charge in [0.05, 0.1) is 11.8 Å². The summed E-state index contributed by atoms with van der Waals surface area (Å²) in [5.74, 6) is 0.198. The summed E-state index contributed by atoms with van der Waals surface area (Å²) in [5, 5.41) is 0. The molecule has 1 saturated heterocycles. The van der Waals surface area contributed by atoms with Crippen molar-refractivity contribution in [3.8, 4) is 0 Å². The summed E-state index contributed by atoms with van der Waals surface area (Å²) in [6.07, 6.45) is 15.0. The standard InChI is InChI=1S/C28H50O5/c1-21(2)15-9-5-7-11-19-25-31-26(20-12-8-6-10-16-22(3)4)33-28(30)24-18-14-13-17-23(24)27(29)32-25/h21-26H,5-20H2,1-4H3. The highest BCUT2D eigenvalue weighted by Gasteiger charge is 2.41. The van der Waals surface area contributed by atoms with Crippen LogP contribution >= 0.6 is 0 Å². The summed E-state index contributed by atoms with van der Waals surface area (Å²) in [4.78, 5) is 25.8. The van der Waals surface area contributed by atoms with Gasteiger partial charge in [-0.1, -0.05) is 91.9 Å². The molecule has 1 aliphatic carbocycles. The van der Waals surface area contributed by atoms with E-state index < -0.39 is 12.6 Å². The first-order valence-electron chi connectivity index (χ1n) is 13.9. The van der Waals surface area contributed by atoms with Crippen molar-refractivity contribution in [3.63, 3.8) is 0 Å². The Labute approximate surface area is 202 Å². The lowest BCUT2D eigenvalue weighted by molar-refractivity contribution is -0.237. The Bertz CT molecular complexity index is 510. The number of carbonyl (C=O) groups excluding carboxylic acids is 2. The van der Waals surface area contributed by atoms with Gasteiger partial charge in [0.1, 0.15) is 0 Å². The molecule has 1 saturated carbocycles. The SMILES string of the molecule is CC(C)CCCCCCC1OC(=O)C2CCCCC2C(=O)OC(CCCCCCC(C)C)O1. The molecule has 2 fully saturated rings. The number of ether oxygens (including phenoxy) is 3. The molecule has 5 nitrogen and oxygen atoms in total. The fraction of sp³-hybridized carbons (Fsp3) is 0.929. The second kappa shape index (κ2) is 15.7. The Morgan fingerprint density at radius 1 is 0.636 bits per heavy atom. The third kappa shape index (κ3) is 11.2. The summed E-state index contributed by atoms with van der Waals surface area (Å²) in [6.45, 7) is 9.04. The maximum Gasteiger partial charge on any atom is 0.312 e. The zero-order valence-corrected chi connectivity index (χ0v) is 21.8. The highest BCUT2D eigenvalue weighted by atomic mass is 16.8. The van der Waals surface area contributed by atoms with Crippen LogP contribution in [0.1, 0.15) is 130 Å². The van der Waals surface area contributed by atoms with Crippen LogP contribution < -0.4 is 0 Å². The lowest BCUT2D eigenvalue weighted by Crippen LogP contribution is -2.35. The molecular formula is C28H50O5. The largest absolute Gasteiger partial charge is 0.435 e. The molecule has 0 aromatic carbocycles. The quantitative estimate of drug-likeness (QED) is 0.195. The third-order valence-electron chi connectivity index (χ3n) is 7.11. The molecule has 0 radical (unpaired) electrons. The Morgan fingerprint density at radius 3 is 1.42 bits per heavy atom. The predicted molar refractivity (Wildman–Crippen MR) is 131 cm³/mol. The molecule has 0 bridgehead atoms. The molecule has 4 atom stereocenters. The fourth-order valence-electron chi connectivity index (χ4n) is 5.04. The van der Waals surface area contributed by atoms with E-state index >= 15 is 0 Å². The molecule has 0 aromatic rings. The Balaban J connectivity index is 1.89. The van der Waals surface area contributed by atoms with Crippen molar-refractivity contribution in [2.45, 2.75) is 143 Å². The summed E-state index contributed by atoms with van der Waals surface area (Å²) >= 11 is 0. The molecule has 1 aliphatic heterocycles. The van der Waals surface area contributed by atoms with E-state index in [1.54, 1.807) is 0 Å². The lowest BCUT2D eigenvalue weighted by Gasteiger charge is -2.27. The van der Waals surface area contributed by atoms with Gasteiger partial charge in [0.25, 0.3) is 0 Å². The van der Waals surface area contributed by atoms with E-state index in [2.05, 4.69) is 27.7 Å². The van der Waals surface area contributed by atoms with E-state index in [1.165, 1.54) is 38.5 Å². The minimum absolute atomic E-state index is 0.268. The van der Waals surface area contributed by atoms with Crippen LogP contribution in [0.2, 0.25) is 0 Å². The van der Waals surface area contributed by atoms with Gasteiger partial charge >= 0.3 is 11.9 Å². The maximum absolute atomic E-state index is 12.9. The molecule has 1 heterocycles. The average Bonchev–Trinajstić information content (AvgIpc) is 2.81. The minimum atomic E-state index is -0.609. The molecule has 0 N–H and O–H groups in total. The average molecular weight is 467 g/mol. The van der Waals surface area contributed by atoms with Gasteiger partial charge in [-0.25, -0.2) is 0 Å². The number of unbranched alkanes of at least 4 members (excludes halogenated alkanes) is 6. The summed E-state index contributed by atoms with van der Waals surface area (Å²) in [6, 6.07) is 0. The van der Waals surface area contributed by atoms with E-state index in [4.69, 9.17) is 14.2 Å². The van der Waals surface area contributed by atoms with Crippen LogP contribution in [0.15, 0.2) is 0 Å². The van der Waals surface area contributed by atoms with Gasteiger partial charge in [-0.2, -0.15) is 0 Å². The Morgan fingerprint density at radius 2 is 1.03 bits per heavy atom. The predicted octanol–water partition coefficient (Wildman–Crippen LogP) is 7.55. The summed E-state index contributed by atoms with van der Waals surface area (Å²) < 4.78 is 17.8. The van der Waals surface area contributed by atoms with E-state index in [9.17, 15) is 9.59 Å². The highest BCUT2D eigenvalue weighted by molar-refractivity contribution is 5.82. The van der Waals surface area contributed by atoms with Gasteiger partial charge in [0.15, 0.2) is 0 Å². The summed E-state index contributed by atoms with van der Waals surface area (Å²) in [5.41, 5.74) is 0. The number of rotatable bonds is 14. The molecule has 4 unspecified atom stereocenters. The van der Waals surface area contributed by atoms with Gasteiger partial charge in [-0.3, -0.25) is 9.59 Å². The van der Waals surface area contributed by atoms with Crippen molar-refractivity contribution >= 4 is 11.9 Å². The van der Waals surface area contributed by atoms with Gasteiger partial charge in [-0.15, -0.1) is 0 Å². The van der Waals surface area contributed by atoms with Crippen LogP contribution in [0.25, 0.3) is 0 Å². The zero-order chi connectivity index (χ0) is 24.1. The van der Waals surface area contributed by atoms with E-state index in [0.29, 0.717) is 25.7 Å². The van der Waals surface area contributed by atoms with Crippen LogP contribution in [0.3, 0.4) is 0 Å². The smallest absolute Gasteiger partial charge is 0.312 e. The molecule has 33 heavy (non-hydrogen) atoms. The van der Waals surface area contributed by atoms with Gasteiger partial charge in [0.2, 0.25) is 12.6 Å². The number of hydrogen-bond acceptors (Lipinski definition) is 5. The number of hydrogen-bond donors (Lipinski definition) is 0. The van der Waals surface area contributed by atoms with E-state index in [1.807, 2.05) is 0 Å². The molecule has 192 valence electrons. The van der Waals surface area contributed by atoms with Crippen LogP contribution in [-0.2, 0) is 23.8 Å². The molecule has 0 amide bonds. The Kier molecular flexibility index (Phi) is 13.4. The lowest BCUT2D eigenvalue weighted by atomic mass is 9.79.